The van der Waals surface area contributed by atoms with Crippen molar-refractivity contribution >= 4 is 17.4 Å². The van der Waals surface area contributed by atoms with E-state index in [1.807, 2.05) is 49.4 Å². The molecule has 5 rings (SSSR count). The summed E-state index contributed by atoms with van der Waals surface area (Å²) in [5, 5.41) is 21.4. The van der Waals surface area contributed by atoms with Crippen LogP contribution in [0.5, 0.6) is 5.75 Å². The summed E-state index contributed by atoms with van der Waals surface area (Å²) in [6.45, 7) is 2.23. The lowest BCUT2D eigenvalue weighted by atomic mass is 9.57. The Hall–Kier alpha value is -4.68. The summed E-state index contributed by atoms with van der Waals surface area (Å²) in [4.78, 5) is 30.6. The van der Waals surface area contributed by atoms with Gasteiger partial charge in [0.25, 0.3) is 0 Å². The van der Waals surface area contributed by atoms with Crippen molar-refractivity contribution in [1.29, 1.82) is 10.5 Å². The standard InChI is InChI=1S/C32H27N3O3/c1-3-9-24-18-27(29(36)23-14-16-25(38-2)17-15-23)32(31(24,20-33)21-34)26-12-7-8-13-28(26)35(30(32)37)19-22-10-5-4-6-11-22/h4-8,10-18,24H,3,9,19H2,1-2H3/t24-,32+/m0/s1. The van der Waals surface area contributed by atoms with E-state index in [9.17, 15) is 20.1 Å². The van der Waals surface area contributed by atoms with Gasteiger partial charge in [-0.25, -0.2) is 0 Å². The van der Waals surface area contributed by atoms with Gasteiger partial charge in [-0.3, -0.25) is 9.59 Å². The SMILES string of the molecule is CCC[C@H]1C=C(C(=O)c2ccc(OC)cc2)[C@]2(C(=O)N(Cc3ccccc3)c3ccccc32)C1(C#N)C#N. The van der Waals surface area contributed by atoms with Gasteiger partial charge in [-0.05, 0) is 47.9 Å². The topological polar surface area (TPSA) is 94.2 Å². The molecule has 0 N–H and O–H groups in total. The first kappa shape index (κ1) is 25.0. The van der Waals surface area contributed by atoms with Crippen molar-refractivity contribution in [3.8, 4) is 17.9 Å². The number of rotatable bonds is 7. The Morgan fingerprint density at radius 2 is 1.63 bits per heavy atom. The van der Waals surface area contributed by atoms with Crippen LogP contribution in [0.15, 0.2) is 90.5 Å². The highest BCUT2D eigenvalue weighted by atomic mass is 16.5. The van der Waals surface area contributed by atoms with E-state index in [0.717, 1.165) is 5.56 Å². The van der Waals surface area contributed by atoms with E-state index in [0.29, 0.717) is 35.4 Å². The van der Waals surface area contributed by atoms with Crippen molar-refractivity contribution in [2.45, 2.75) is 31.7 Å². The van der Waals surface area contributed by atoms with Crippen LogP contribution in [0.25, 0.3) is 0 Å². The van der Waals surface area contributed by atoms with Crippen molar-refractivity contribution in [1.82, 2.24) is 0 Å². The molecule has 188 valence electrons. The van der Waals surface area contributed by atoms with Gasteiger partial charge >= 0.3 is 0 Å². The number of fused-ring (bicyclic) bond motifs is 2. The average Bonchev–Trinajstić information content (AvgIpc) is 3.39. The molecule has 1 aliphatic heterocycles. The summed E-state index contributed by atoms with van der Waals surface area (Å²) in [5.74, 6) is -0.781. The molecule has 1 aliphatic carbocycles. The van der Waals surface area contributed by atoms with Crippen LogP contribution in [0, 0.1) is 34.0 Å². The van der Waals surface area contributed by atoms with Crippen molar-refractivity contribution in [2.24, 2.45) is 11.3 Å². The summed E-state index contributed by atoms with van der Waals surface area (Å²) in [6.07, 6.45) is 2.91. The van der Waals surface area contributed by atoms with Crippen LogP contribution < -0.4 is 9.64 Å². The molecule has 6 heteroatoms. The molecule has 0 bridgehead atoms. The molecule has 0 radical (unpaired) electrons. The van der Waals surface area contributed by atoms with E-state index < -0.39 is 22.7 Å². The predicted octanol–water partition coefficient (Wildman–Crippen LogP) is 5.75. The number of nitrogens with zero attached hydrogens (tertiary/aromatic N) is 3. The van der Waals surface area contributed by atoms with Gasteiger partial charge in [-0.15, -0.1) is 0 Å². The number of ether oxygens (including phenoxy) is 1. The molecule has 1 amide bonds. The van der Waals surface area contributed by atoms with Crippen LogP contribution in [-0.4, -0.2) is 18.8 Å². The van der Waals surface area contributed by atoms with Gasteiger partial charge in [-0.1, -0.05) is 68.0 Å². The van der Waals surface area contributed by atoms with Gasteiger partial charge in [0.2, 0.25) is 5.91 Å². The number of para-hydroxylation sites is 1. The molecule has 1 spiro atoms. The van der Waals surface area contributed by atoms with Gasteiger partial charge in [0, 0.05) is 22.7 Å². The zero-order valence-corrected chi connectivity index (χ0v) is 21.3. The lowest BCUT2D eigenvalue weighted by molar-refractivity contribution is -0.124. The number of carbonyl (C=O) groups excluding carboxylic acids is 2. The van der Waals surface area contributed by atoms with E-state index in [1.54, 1.807) is 54.5 Å². The first-order valence-electron chi connectivity index (χ1n) is 12.7. The van der Waals surface area contributed by atoms with E-state index in [1.165, 1.54) is 0 Å². The largest absolute Gasteiger partial charge is 0.497 e. The summed E-state index contributed by atoms with van der Waals surface area (Å²) >= 11 is 0. The second-order valence-corrected chi connectivity index (χ2v) is 9.71. The molecular formula is C32H27N3O3. The fraction of sp³-hybridized carbons (Fsp3) is 0.250. The van der Waals surface area contributed by atoms with Crippen LogP contribution in [0.4, 0.5) is 5.69 Å². The number of methoxy groups -OCH3 is 1. The molecule has 1 heterocycles. The summed E-state index contributed by atoms with van der Waals surface area (Å²) in [6, 6.07) is 28.0. The Bertz CT molecular complexity index is 1500. The number of hydrogen-bond acceptors (Lipinski definition) is 5. The minimum Gasteiger partial charge on any atom is -0.497 e. The fourth-order valence-corrected chi connectivity index (χ4v) is 6.07. The third-order valence-electron chi connectivity index (χ3n) is 7.82. The minimum atomic E-state index is -1.78. The van der Waals surface area contributed by atoms with Gasteiger partial charge in [0.05, 0.1) is 25.8 Å². The van der Waals surface area contributed by atoms with Gasteiger partial charge in [-0.2, -0.15) is 10.5 Å². The van der Waals surface area contributed by atoms with Crippen LogP contribution in [0.1, 0.15) is 41.3 Å². The molecule has 2 atom stereocenters. The zero-order chi connectivity index (χ0) is 26.9. The summed E-state index contributed by atoms with van der Waals surface area (Å²) in [5.41, 5.74) is -0.931. The molecule has 0 aromatic heterocycles. The van der Waals surface area contributed by atoms with E-state index in [2.05, 4.69) is 12.1 Å². The highest BCUT2D eigenvalue weighted by Gasteiger charge is 2.72. The summed E-state index contributed by atoms with van der Waals surface area (Å²) in [7, 11) is 1.55. The Kier molecular flexibility index (Phi) is 6.35. The average molecular weight is 502 g/mol. The molecule has 0 unspecified atom stereocenters. The number of anilines is 1. The van der Waals surface area contributed by atoms with E-state index in [4.69, 9.17) is 4.74 Å². The number of Topliss-reactive ketones (excluding diaryl/α,β-unsaturated/α-hetero) is 1. The molecule has 0 saturated carbocycles. The normalized spacial score (nSPS) is 20.9. The van der Waals surface area contributed by atoms with Gasteiger partial charge in [0.1, 0.15) is 11.2 Å². The number of nitriles is 2. The van der Waals surface area contributed by atoms with Crippen molar-refractivity contribution in [3.63, 3.8) is 0 Å². The minimum absolute atomic E-state index is 0.192. The Morgan fingerprint density at radius 3 is 2.26 bits per heavy atom. The number of allylic oxidation sites excluding steroid dienone is 1. The number of ketones is 1. The first-order valence-corrected chi connectivity index (χ1v) is 12.7. The second-order valence-electron chi connectivity index (χ2n) is 9.71. The number of benzene rings is 3. The molecule has 2 aliphatic rings. The maximum absolute atomic E-state index is 14.7. The molecule has 6 nitrogen and oxygen atoms in total. The van der Waals surface area contributed by atoms with Crippen LogP contribution in [-0.2, 0) is 16.8 Å². The smallest absolute Gasteiger partial charge is 0.245 e. The van der Waals surface area contributed by atoms with Crippen LogP contribution in [0.2, 0.25) is 0 Å². The predicted molar refractivity (Wildman–Crippen MR) is 143 cm³/mol. The fourth-order valence-electron chi connectivity index (χ4n) is 6.07. The molecule has 3 aromatic carbocycles. The maximum atomic E-state index is 14.7. The second kappa shape index (κ2) is 9.65. The third kappa shape index (κ3) is 3.38. The lowest BCUT2D eigenvalue weighted by Crippen LogP contribution is -2.53. The Labute approximate surface area is 222 Å². The number of carbonyl (C=O) groups is 2. The van der Waals surface area contributed by atoms with E-state index >= 15 is 0 Å². The molecule has 0 saturated heterocycles. The van der Waals surface area contributed by atoms with Gasteiger partial charge in [0.15, 0.2) is 11.2 Å². The highest BCUT2D eigenvalue weighted by Crippen LogP contribution is 2.64. The Balaban J connectivity index is 1.76. The zero-order valence-electron chi connectivity index (χ0n) is 21.3. The quantitative estimate of drug-likeness (QED) is 0.384. The van der Waals surface area contributed by atoms with Crippen molar-refractivity contribution in [3.05, 3.63) is 107 Å². The molecule has 3 aromatic rings. The molecule has 38 heavy (non-hydrogen) atoms. The van der Waals surface area contributed by atoms with Crippen LogP contribution >= 0.6 is 0 Å². The third-order valence-corrected chi connectivity index (χ3v) is 7.82. The van der Waals surface area contributed by atoms with Gasteiger partial charge < -0.3 is 9.64 Å². The number of amides is 1. The molecule has 0 fully saturated rings. The van der Waals surface area contributed by atoms with Crippen LogP contribution in [0.3, 0.4) is 0 Å². The van der Waals surface area contributed by atoms with E-state index in [-0.39, 0.29) is 17.9 Å². The van der Waals surface area contributed by atoms with Crippen molar-refractivity contribution in [2.75, 3.05) is 12.0 Å². The number of hydrogen-bond donors (Lipinski definition) is 0. The van der Waals surface area contributed by atoms with Crippen molar-refractivity contribution < 1.29 is 14.3 Å². The monoisotopic (exact) mass is 501 g/mol. The summed E-state index contributed by atoms with van der Waals surface area (Å²) < 4.78 is 5.25. The first-order chi connectivity index (χ1) is 18.5. The Morgan fingerprint density at radius 1 is 0.974 bits per heavy atom. The maximum Gasteiger partial charge on any atom is 0.245 e. The lowest BCUT2D eigenvalue weighted by Gasteiger charge is -2.37. The highest BCUT2D eigenvalue weighted by molar-refractivity contribution is 6.22. The molecular weight excluding hydrogens is 474 g/mol.